The Morgan fingerprint density at radius 2 is 1.50 bits per heavy atom. The standard InChI is InChI=1S/C7H13.2BrH.Zn/c1-7-5-3-2-4-6-7;;;/h7H,1-6H2;2*1H;/q;;;+2/p-2. The molecule has 1 radical (unpaired) electrons. The van der Waals surface area contributed by atoms with Crippen molar-refractivity contribution < 1.29 is 13.2 Å². The largest absolute Gasteiger partial charge is 0.0533 e. The summed E-state index contributed by atoms with van der Waals surface area (Å²) in [5.74, 6) is 0.786. The first-order valence-electron chi connectivity index (χ1n) is 3.76. The normalized spacial score (nSPS) is 18.7. The summed E-state index contributed by atoms with van der Waals surface area (Å²) in [4.78, 5) is 0. The first-order chi connectivity index (χ1) is 4.81. The van der Waals surface area contributed by atoms with Crippen molar-refractivity contribution in [1.82, 2.24) is 0 Å². The van der Waals surface area contributed by atoms with E-state index in [1.807, 2.05) is 0 Å². The molecule has 0 unspecified atom stereocenters. The van der Waals surface area contributed by atoms with E-state index in [9.17, 15) is 0 Å². The van der Waals surface area contributed by atoms with Crippen LogP contribution in [0.3, 0.4) is 0 Å². The summed E-state index contributed by atoms with van der Waals surface area (Å²) >= 11 is 6.25. The molecule has 0 bridgehead atoms. The average Bonchev–Trinajstić information content (AvgIpc) is 1.91. The Hall–Kier alpha value is 1.58. The molecule has 0 atom stereocenters. The van der Waals surface area contributed by atoms with Crippen molar-refractivity contribution in [2.75, 3.05) is 0 Å². The summed E-state index contributed by atoms with van der Waals surface area (Å²) in [6.45, 7) is 4.00. The molecular formula is C7H13Br2Zn. The van der Waals surface area contributed by atoms with E-state index in [2.05, 4.69) is 34.2 Å². The molecule has 0 aromatic carbocycles. The van der Waals surface area contributed by atoms with Gasteiger partial charge in [0.25, 0.3) is 0 Å². The number of halogens is 2. The van der Waals surface area contributed by atoms with Crippen LogP contribution < -0.4 is 0 Å². The minimum absolute atomic E-state index is 0.250. The smallest absolute Gasteiger partial charge is 0.0414 e. The monoisotopic (exact) mass is 319 g/mol. The molecule has 0 spiro atoms. The fourth-order valence-corrected chi connectivity index (χ4v) is 1.19. The van der Waals surface area contributed by atoms with E-state index in [0.29, 0.717) is 0 Å². The minimum atomic E-state index is -0.250. The molecule has 0 heterocycles. The zero-order valence-corrected chi connectivity index (χ0v) is 12.4. The van der Waals surface area contributed by atoms with E-state index in [1.165, 1.54) is 32.1 Å². The fraction of sp³-hybridized carbons (Fsp3) is 0.857. The van der Waals surface area contributed by atoms with Crippen LogP contribution in [0, 0.1) is 12.8 Å². The molecular weight excluding hydrogens is 309 g/mol. The predicted molar refractivity (Wildman–Crippen MR) is 49.8 cm³/mol. The van der Waals surface area contributed by atoms with Crippen molar-refractivity contribution in [1.29, 1.82) is 0 Å². The van der Waals surface area contributed by atoms with Gasteiger partial charge in [-0.25, -0.2) is 0 Å². The second kappa shape index (κ2) is 8.68. The molecule has 0 aliphatic heterocycles. The second-order valence-electron chi connectivity index (χ2n) is 2.61. The van der Waals surface area contributed by atoms with Gasteiger partial charge in [-0.3, -0.25) is 0 Å². The number of hydrogen-bond donors (Lipinski definition) is 0. The van der Waals surface area contributed by atoms with Gasteiger partial charge in [0.2, 0.25) is 0 Å². The molecule has 1 saturated carbocycles. The van der Waals surface area contributed by atoms with Crippen LogP contribution in [0.1, 0.15) is 32.1 Å². The molecule has 0 amide bonds. The van der Waals surface area contributed by atoms with Crippen molar-refractivity contribution in [2.45, 2.75) is 32.1 Å². The average molecular weight is 322 g/mol. The van der Waals surface area contributed by atoms with Gasteiger partial charge in [0.15, 0.2) is 0 Å². The summed E-state index contributed by atoms with van der Waals surface area (Å²) in [7, 11) is 0. The number of hydrogen-bond acceptors (Lipinski definition) is 0. The van der Waals surface area contributed by atoms with Crippen molar-refractivity contribution in [3.63, 3.8) is 0 Å². The van der Waals surface area contributed by atoms with Crippen molar-refractivity contribution in [3.05, 3.63) is 6.92 Å². The Bertz CT molecular complexity index is 62.6. The molecule has 0 aromatic rings. The van der Waals surface area contributed by atoms with Crippen LogP contribution in [-0.2, 0) is 13.2 Å². The quantitative estimate of drug-likeness (QED) is 0.589. The topological polar surface area (TPSA) is 0 Å². The third-order valence-corrected chi connectivity index (χ3v) is 1.72. The van der Waals surface area contributed by atoms with Gasteiger partial charge >= 0.3 is 40.5 Å². The molecule has 0 aromatic heterocycles. The Kier molecular flexibility index (Phi) is 10.1. The van der Waals surface area contributed by atoms with Gasteiger partial charge in [0.1, 0.15) is 0 Å². The second-order valence-corrected chi connectivity index (χ2v) is 16.7. The molecule has 1 aliphatic carbocycles. The molecule has 0 saturated heterocycles. The van der Waals surface area contributed by atoms with Gasteiger partial charge in [-0.15, -0.1) is 0 Å². The molecule has 0 nitrogen and oxygen atoms in total. The Labute approximate surface area is 84.8 Å². The first-order valence-corrected chi connectivity index (χ1v) is 17.7. The van der Waals surface area contributed by atoms with Gasteiger partial charge in [0.05, 0.1) is 0 Å². The van der Waals surface area contributed by atoms with Gasteiger partial charge < -0.3 is 0 Å². The Balaban J connectivity index is 0.000000236. The maximum Gasteiger partial charge on any atom is -0.0414 e. The maximum absolute atomic E-state index is 4.00. The van der Waals surface area contributed by atoms with Crippen molar-refractivity contribution in [2.24, 2.45) is 5.92 Å². The summed E-state index contributed by atoms with van der Waals surface area (Å²) < 4.78 is 0. The van der Waals surface area contributed by atoms with Crippen LogP contribution in [0.5, 0.6) is 0 Å². The van der Waals surface area contributed by atoms with Gasteiger partial charge in [0, 0.05) is 0 Å². The Morgan fingerprint density at radius 3 is 1.70 bits per heavy atom. The van der Waals surface area contributed by atoms with E-state index in [4.69, 9.17) is 0 Å². The zero-order valence-electron chi connectivity index (χ0n) is 6.28. The van der Waals surface area contributed by atoms with Gasteiger partial charge in [-0.2, -0.15) is 0 Å². The molecule has 1 rings (SSSR count). The van der Waals surface area contributed by atoms with Crippen LogP contribution in [0.25, 0.3) is 0 Å². The third-order valence-electron chi connectivity index (χ3n) is 1.72. The van der Waals surface area contributed by atoms with Crippen LogP contribution in [0.4, 0.5) is 0 Å². The maximum atomic E-state index is 4.00. The summed E-state index contributed by atoms with van der Waals surface area (Å²) in [5.41, 5.74) is 0. The van der Waals surface area contributed by atoms with Crippen molar-refractivity contribution in [3.8, 4) is 0 Å². The van der Waals surface area contributed by atoms with Crippen molar-refractivity contribution >= 4 is 27.2 Å². The van der Waals surface area contributed by atoms with Crippen LogP contribution in [0.2, 0.25) is 0 Å². The molecule has 10 heavy (non-hydrogen) atoms. The summed E-state index contributed by atoms with van der Waals surface area (Å²) in [6, 6.07) is 0. The van der Waals surface area contributed by atoms with Crippen LogP contribution >= 0.6 is 27.2 Å². The van der Waals surface area contributed by atoms with E-state index in [0.717, 1.165) is 5.92 Å². The molecule has 3 heteroatoms. The van der Waals surface area contributed by atoms with E-state index >= 15 is 0 Å². The summed E-state index contributed by atoms with van der Waals surface area (Å²) in [6.07, 6.45) is 7.05. The fourth-order valence-electron chi connectivity index (χ4n) is 1.19. The Morgan fingerprint density at radius 1 is 1.10 bits per heavy atom. The van der Waals surface area contributed by atoms with E-state index < -0.39 is 0 Å². The molecule has 0 N–H and O–H groups in total. The molecule has 57 valence electrons. The molecule has 1 fully saturated rings. The summed E-state index contributed by atoms with van der Waals surface area (Å²) in [5, 5.41) is 0. The number of rotatable bonds is 0. The zero-order chi connectivity index (χ0) is 7.82. The first kappa shape index (κ1) is 11.6. The third kappa shape index (κ3) is 7.69. The predicted octanol–water partition coefficient (Wildman–Crippen LogP) is 4.09. The SMILES string of the molecule is [Br][Zn][Br].[CH2]C1CCCCC1. The minimum Gasteiger partial charge on any atom is -0.0533 e. The van der Waals surface area contributed by atoms with Crippen LogP contribution in [0.15, 0.2) is 0 Å². The van der Waals surface area contributed by atoms with E-state index in [1.54, 1.807) is 0 Å². The van der Waals surface area contributed by atoms with Gasteiger partial charge in [-0.1, -0.05) is 39.0 Å². The molecule has 1 aliphatic rings. The van der Waals surface area contributed by atoms with Crippen LogP contribution in [-0.4, -0.2) is 0 Å². The van der Waals surface area contributed by atoms with Gasteiger partial charge in [-0.05, 0) is 5.92 Å². The van der Waals surface area contributed by atoms with E-state index in [-0.39, 0.29) is 13.2 Å².